The summed E-state index contributed by atoms with van der Waals surface area (Å²) in [5, 5.41) is 61.7. The van der Waals surface area contributed by atoms with Crippen molar-refractivity contribution in [3.63, 3.8) is 0 Å². The number of rotatable bonds is 23. The molecule has 20 heteroatoms. The monoisotopic (exact) mass is 1990 g/mol. The van der Waals surface area contributed by atoms with Crippen LogP contribution in [-0.4, -0.2) is 60.0 Å². The van der Waals surface area contributed by atoms with Crippen molar-refractivity contribution in [3.8, 4) is 11.1 Å². The van der Waals surface area contributed by atoms with E-state index in [0.29, 0.717) is 31.1 Å². The summed E-state index contributed by atoms with van der Waals surface area (Å²) in [6.45, 7) is 3.33. The number of hydrogen-bond acceptors (Lipinski definition) is 11. The third kappa shape index (κ3) is 39.0. The average Bonchev–Trinajstić information content (AvgIpc) is 0.828. The summed E-state index contributed by atoms with van der Waals surface area (Å²) in [4.78, 5) is 33.2. The first kappa shape index (κ1) is 110. The van der Waals surface area contributed by atoms with Gasteiger partial charge >= 0.3 is 122 Å². The molecule has 0 saturated carbocycles. The van der Waals surface area contributed by atoms with Crippen molar-refractivity contribution in [2.75, 3.05) is 14.2 Å². The molecular formula is C109H104BBrK2O11P4Pd. The molecule has 0 unspecified atom stereocenters. The zero-order chi connectivity index (χ0) is 89.1. The molecule has 0 aliphatic heterocycles. The number of ether oxygens (including phenoxy) is 2. The first-order valence-electron chi connectivity index (χ1n) is 41.1. The number of aliphatic hydroxyl groups is 2. The number of benzene rings is 16. The van der Waals surface area contributed by atoms with E-state index in [4.69, 9.17) is 25.2 Å². The second kappa shape index (κ2) is 63.9. The normalized spacial score (nSPS) is 10.5. The molecule has 0 aliphatic carbocycles. The molecular weight excluding hydrogens is 1880 g/mol. The molecule has 0 amide bonds. The summed E-state index contributed by atoms with van der Waals surface area (Å²) >= 11 is 3.32. The van der Waals surface area contributed by atoms with E-state index < -0.39 is 44.9 Å². The number of methoxy groups -OCH3 is 2. The largest absolute Gasteiger partial charge is 1.00 e. The Morgan fingerprint density at radius 2 is 0.543 bits per heavy atom. The minimum atomic E-state index is -1.44. The van der Waals surface area contributed by atoms with Gasteiger partial charge in [0.05, 0.1) is 26.4 Å². The third-order valence-electron chi connectivity index (χ3n) is 19.2. The van der Waals surface area contributed by atoms with E-state index in [2.05, 4.69) is 394 Å². The minimum absolute atomic E-state index is 0. The Hall–Kier alpha value is -8.07. The quantitative estimate of drug-likeness (QED) is 0.0119. The maximum absolute atomic E-state index is 11.1. The first-order chi connectivity index (χ1) is 61.6. The number of aliphatic hydroxyl groups excluding tert-OH is 2. The maximum atomic E-state index is 11.1. The molecule has 0 saturated heterocycles. The van der Waals surface area contributed by atoms with Crippen LogP contribution in [0, 0.1) is 0 Å². The van der Waals surface area contributed by atoms with Gasteiger partial charge in [-0.05, 0) is 179 Å². The van der Waals surface area contributed by atoms with Crippen molar-refractivity contribution in [2.24, 2.45) is 0 Å². The second-order valence-corrected chi connectivity index (χ2v) is 37.9. The van der Waals surface area contributed by atoms with Crippen LogP contribution in [-0.2, 0) is 62.0 Å². The number of carbonyl (C=O) groups excluding carboxylic acids is 3. The van der Waals surface area contributed by atoms with E-state index in [1.165, 1.54) is 77.9 Å². The predicted molar refractivity (Wildman–Crippen MR) is 533 cm³/mol. The van der Waals surface area contributed by atoms with E-state index in [1.54, 1.807) is 38.1 Å². The van der Waals surface area contributed by atoms with Gasteiger partial charge in [-0.1, -0.05) is 459 Å². The Labute approximate surface area is 875 Å². The van der Waals surface area contributed by atoms with Gasteiger partial charge in [0.15, 0.2) is 0 Å². The van der Waals surface area contributed by atoms with Crippen molar-refractivity contribution in [1.29, 1.82) is 0 Å². The zero-order valence-electron chi connectivity index (χ0n) is 74.1. The van der Waals surface area contributed by atoms with Crippen LogP contribution in [0.1, 0.15) is 62.6 Å². The van der Waals surface area contributed by atoms with Gasteiger partial charge in [-0.3, -0.25) is 14.4 Å². The molecule has 0 radical (unpaired) electrons. The van der Waals surface area contributed by atoms with Gasteiger partial charge in [0.25, 0.3) is 6.47 Å². The van der Waals surface area contributed by atoms with E-state index in [0.717, 1.165) is 37.9 Å². The molecule has 4 N–H and O–H groups in total. The van der Waals surface area contributed by atoms with Gasteiger partial charge in [-0.25, -0.2) is 0 Å². The number of esters is 2. The fourth-order valence-corrected chi connectivity index (χ4v) is 22.5. The summed E-state index contributed by atoms with van der Waals surface area (Å²) < 4.78 is 10.2. The number of hydrogen-bond donors (Lipinski definition) is 4. The van der Waals surface area contributed by atoms with E-state index in [1.807, 2.05) is 72.8 Å². The fourth-order valence-electron chi connectivity index (χ4n) is 12.9. The molecule has 0 aromatic heterocycles. The van der Waals surface area contributed by atoms with Crippen molar-refractivity contribution in [1.82, 2.24) is 0 Å². The molecule has 0 heterocycles. The van der Waals surface area contributed by atoms with Crippen molar-refractivity contribution in [3.05, 3.63) is 488 Å². The summed E-state index contributed by atoms with van der Waals surface area (Å²) in [5.41, 5.74) is 6.53. The Morgan fingerprint density at radius 3 is 0.729 bits per heavy atom. The Morgan fingerprint density at radius 1 is 0.333 bits per heavy atom. The molecule has 129 heavy (non-hydrogen) atoms. The third-order valence-corrected chi connectivity index (χ3v) is 29.4. The standard InChI is InChI=1S/C18H20O3.4C18H15P.C10H13BO4.C8H9BrO.CH2O3.2K.Pd.H/c1-13(19)16-4-3-5-17(12-16)15-9-6-14(7-10-15)8-11-18(20)21-2;4*1-4-10-16(11-5-1)19(17-12-6-2-7-13-17)18-14-8-3-9-15-18;1-15-10(12)7-4-8-2-5-9(6-3-8)11(13)14;1-6(10)7-3-2-4-8(9)5-7;2-1-4-3;;;;/h3-7,9-10,12-13,19H,8,11H2,1-2H3;4*1-15H;2-3,5-6,13-14H,4,7H2,1H3;2-6,10H,1H3;1,3H;;;;/q;;;;;;;;2*+1;;-1/p-1/t13-;;;;;;6-;;;;;/m1.....1...../s1. The average molecular weight is 1990 g/mol. The van der Waals surface area contributed by atoms with Gasteiger partial charge in [-0.2, -0.15) is 0 Å². The van der Waals surface area contributed by atoms with Gasteiger partial charge in [-0.15, -0.1) is 0 Å². The van der Waals surface area contributed by atoms with Crippen LogP contribution in [0.4, 0.5) is 0 Å². The minimum Gasteiger partial charge on any atom is -1.00 e. The molecule has 2 atom stereocenters. The van der Waals surface area contributed by atoms with Crippen molar-refractivity contribution >= 4 is 142 Å². The maximum Gasteiger partial charge on any atom is 1.00 e. The summed E-state index contributed by atoms with van der Waals surface area (Å²) in [5.74, 6) is -0.440. The van der Waals surface area contributed by atoms with Crippen LogP contribution < -0.4 is 177 Å². The van der Waals surface area contributed by atoms with E-state index >= 15 is 0 Å². The zero-order valence-corrected chi connectivity index (χ0v) is 86.1. The fraction of sp³-hybridized carbons (Fsp3) is 0.0917. The van der Waals surface area contributed by atoms with Gasteiger partial charge in [0.2, 0.25) is 0 Å². The molecule has 0 bridgehead atoms. The van der Waals surface area contributed by atoms with Gasteiger partial charge in [0.1, 0.15) is 0 Å². The van der Waals surface area contributed by atoms with Crippen LogP contribution in [0.5, 0.6) is 0 Å². The Balaban J connectivity index is 0.000000267. The summed E-state index contributed by atoms with van der Waals surface area (Å²) in [7, 11) is -0.471. The van der Waals surface area contributed by atoms with Crippen LogP contribution >= 0.6 is 47.6 Å². The molecule has 16 rings (SSSR count). The molecule has 0 aliphatic rings. The molecule has 16 aromatic carbocycles. The van der Waals surface area contributed by atoms with Crippen molar-refractivity contribution in [2.45, 2.75) is 51.7 Å². The smallest absolute Gasteiger partial charge is 1.00 e. The number of halogens is 1. The summed E-state index contributed by atoms with van der Waals surface area (Å²) in [6, 6.07) is 160. The Bertz CT molecular complexity index is 4830. The number of carbonyl (C=O) groups is 3. The second-order valence-electron chi connectivity index (χ2n) is 28.1. The molecule has 0 spiro atoms. The van der Waals surface area contributed by atoms with Gasteiger partial charge in [0, 0.05) is 37.7 Å². The van der Waals surface area contributed by atoms with Crippen LogP contribution in [0.2, 0.25) is 0 Å². The van der Waals surface area contributed by atoms with Crippen LogP contribution in [0.3, 0.4) is 0 Å². The van der Waals surface area contributed by atoms with Gasteiger partial charge < -0.3 is 41.3 Å². The molecule has 0 fully saturated rings. The van der Waals surface area contributed by atoms with Crippen molar-refractivity contribution < 1.29 is 179 Å². The topological polar surface area (TPSA) is 183 Å². The van der Waals surface area contributed by atoms with Crippen LogP contribution in [0.25, 0.3) is 11.1 Å². The van der Waals surface area contributed by atoms with Crippen LogP contribution in [0.15, 0.2) is 466 Å². The molecule has 11 nitrogen and oxygen atoms in total. The number of aryl methyl sites for hydroxylation is 2. The predicted octanol–water partition coefficient (Wildman–Crippen LogP) is 11.8. The first-order valence-corrected chi connectivity index (χ1v) is 47.2. The summed E-state index contributed by atoms with van der Waals surface area (Å²) in [6.07, 6.45) is 1.15. The molecule has 16 aromatic rings. The molecule has 648 valence electrons. The van der Waals surface area contributed by atoms with E-state index in [9.17, 15) is 14.7 Å². The Kier molecular flexibility index (Phi) is 54.3. The van der Waals surface area contributed by atoms with E-state index in [-0.39, 0.29) is 149 Å². The SMILES string of the molecule is COC(=O)CCc1ccc(-c2cccc([C@@H](C)O)c2)cc1.COC(=O)CCc1ccc(B(O)O)cc1.C[C@@H](O)c1cccc(Br)c1.O=CO[O-].[H-].[K+].[K+].[Pd].c1ccc(P(c2ccccc2)c2ccccc2)cc1.c1ccc(P(c2ccccc2)c2ccccc2)cc1.c1ccc(P(c2ccccc2)c2ccccc2)cc1.c1ccc(P(c2ccccc2)c2ccccc2)cc1.